The molecule has 0 radical (unpaired) electrons. The SMILES string of the molecule is COc1cc(C(=O)O)c(Nc2ccccc2)cc1O. The van der Waals surface area contributed by atoms with Gasteiger partial charge in [-0.1, -0.05) is 18.2 Å². The highest BCUT2D eigenvalue weighted by Gasteiger charge is 2.15. The molecule has 3 N–H and O–H groups in total. The third-order valence-electron chi connectivity index (χ3n) is 2.60. The van der Waals surface area contributed by atoms with Gasteiger partial charge in [-0.15, -0.1) is 0 Å². The number of carboxylic acid groups (broad SMARTS) is 1. The Hall–Kier alpha value is -2.69. The average molecular weight is 259 g/mol. The van der Waals surface area contributed by atoms with Crippen LogP contribution in [0.15, 0.2) is 42.5 Å². The van der Waals surface area contributed by atoms with E-state index in [0.29, 0.717) is 5.69 Å². The first-order valence-electron chi connectivity index (χ1n) is 5.58. The summed E-state index contributed by atoms with van der Waals surface area (Å²) in [5.41, 5.74) is 1.06. The molecule has 0 fully saturated rings. The maximum atomic E-state index is 11.2. The number of benzene rings is 2. The van der Waals surface area contributed by atoms with Crippen molar-refractivity contribution in [3.63, 3.8) is 0 Å². The highest BCUT2D eigenvalue weighted by atomic mass is 16.5. The van der Waals surface area contributed by atoms with Crippen molar-refractivity contribution in [1.82, 2.24) is 0 Å². The Bertz CT molecular complexity index is 596. The number of carbonyl (C=O) groups is 1. The van der Waals surface area contributed by atoms with Gasteiger partial charge in [0.15, 0.2) is 11.5 Å². The van der Waals surface area contributed by atoms with Gasteiger partial charge in [-0.2, -0.15) is 0 Å². The third kappa shape index (κ3) is 2.77. The van der Waals surface area contributed by atoms with E-state index >= 15 is 0 Å². The third-order valence-corrected chi connectivity index (χ3v) is 2.60. The summed E-state index contributed by atoms with van der Waals surface area (Å²) in [5, 5.41) is 21.8. The van der Waals surface area contributed by atoms with Crippen LogP contribution in [0.5, 0.6) is 11.5 Å². The number of methoxy groups -OCH3 is 1. The number of hydrogen-bond donors (Lipinski definition) is 3. The number of para-hydroxylation sites is 1. The minimum absolute atomic E-state index is 0.0264. The smallest absolute Gasteiger partial charge is 0.337 e. The van der Waals surface area contributed by atoms with Crippen LogP contribution in [-0.2, 0) is 0 Å². The summed E-state index contributed by atoms with van der Waals surface area (Å²) >= 11 is 0. The second-order valence-corrected chi connectivity index (χ2v) is 3.87. The summed E-state index contributed by atoms with van der Waals surface area (Å²) in [7, 11) is 1.37. The summed E-state index contributed by atoms with van der Waals surface area (Å²) < 4.78 is 4.90. The largest absolute Gasteiger partial charge is 0.504 e. The van der Waals surface area contributed by atoms with E-state index in [9.17, 15) is 15.0 Å². The van der Waals surface area contributed by atoms with E-state index in [1.54, 1.807) is 12.1 Å². The van der Waals surface area contributed by atoms with E-state index in [1.807, 2.05) is 18.2 Å². The minimum Gasteiger partial charge on any atom is -0.504 e. The molecule has 2 rings (SSSR count). The first-order chi connectivity index (χ1) is 9.11. The van der Waals surface area contributed by atoms with Crippen LogP contribution in [0, 0.1) is 0 Å². The summed E-state index contributed by atoms with van der Waals surface area (Å²) in [6.07, 6.45) is 0. The number of carboxylic acids is 1. The fraction of sp³-hybridized carbons (Fsp3) is 0.0714. The summed E-state index contributed by atoms with van der Waals surface area (Å²) in [6, 6.07) is 11.7. The number of aromatic hydroxyl groups is 1. The molecule has 0 spiro atoms. The average Bonchev–Trinajstić information content (AvgIpc) is 2.39. The highest BCUT2D eigenvalue weighted by molar-refractivity contribution is 5.96. The van der Waals surface area contributed by atoms with Crippen molar-refractivity contribution < 1.29 is 19.7 Å². The number of ether oxygens (including phenoxy) is 1. The number of nitrogens with one attached hydrogen (secondary N) is 1. The number of hydrogen-bond acceptors (Lipinski definition) is 4. The second kappa shape index (κ2) is 5.30. The zero-order chi connectivity index (χ0) is 13.8. The Kier molecular flexibility index (Phi) is 3.56. The number of phenols is 1. The molecule has 0 saturated heterocycles. The van der Waals surface area contributed by atoms with Gasteiger partial charge in [0.25, 0.3) is 0 Å². The lowest BCUT2D eigenvalue weighted by molar-refractivity contribution is 0.0697. The van der Waals surface area contributed by atoms with Crippen LogP contribution in [0.3, 0.4) is 0 Å². The molecule has 2 aromatic rings. The van der Waals surface area contributed by atoms with Crippen LogP contribution in [0.1, 0.15) is 10.4 Å². The van der Waals surface area contributed by atoms with E-state index < -0.39 is 5.97 Å². The predicted octanol–water partition coefficient (Wildman–Crippen LogP) is 2.84. The number of rotatable bonds is 4. The topological polar surface area (TPSA) is 78.8 Å². The van der Waals surface area contributed by atoms with Gasteiger partial charge in [-0.3, -0.25) is 0 Å². The van der Waals surface area contributed by atoms with Crippen LogP contribution in [0.4, 0.5) is 11.4 Å². The van der Waals surface area contributed by atoms with Gasteiger partial charge in [0, 0.05) is 17.8 Å². The fourth-order valence-electron chi connectivity index (χ4n) is 1.69. The summed E-state index contributed by atoms with van der Waals surface area (Å²) in [4.78, 5) is 11.2. The van der Waals surface area contributed by atoms with Crippen LogP contribution < -0.4 is 10.1 Å². The molecule has 0 aliphatic carbocycles. The highest BCUT2D eigenvalue weighted by Crippen LogP contribution is 2.33. The molecular weight excluding hydrogens is 246 g/mol. The van der Waals surface area contributed by atoms with Gasteiger partial charge < -0.3 is 20.3 Å². The maximum absolute atomic E-state index is 11.2. The quantitative estimate of drug-likeness (QED) is 0.786. The van der Waals surface area contributed by atoms with Gasteiger partial charge in [0.05, 0.1) is 18.4 Å². The van der Waals surface area contributed by atoms with E-state index in [2.05, 4.69) is 5.32 Å². The second-order valence-electron chi connectivity index (χ2n) is 3.87. The van der Waals surface area contributed by atoms with Crippen LogP contribution in [0.2, 0.25) is 0 Å². The molecule has 19 heavy (non-hydrogen) atoms. The first-order valence-corrected chi connectivity index (χ1v) is 5.58. The van der Waals surface area contributed by atoms with Crippen molar-refractivity contribution >= 4 is 17.3 Å². The fourth-order valence-corrected chi connectivity index (χ4v) is 1.69. The van der Waals surface area contributed by atoms with E-state index in [4.69, 9.17) is 4.74 Å². The Balaban J connectivity index is 2.44. The summed E-state index contributed by atoms with van der Waals surface area (Å²) in [5.74, 6) is -1.10. The van der Waals surface area contributed by atoms with E-state index in [1.165, 1.54) is 19.2 Å². The molecule has 0 bridgehead atoms. The number of phenolic OH excluding ortho intramolecular Hbond substituents is 1. The summed E-state index contributed by atoms with van der Waals surface area (Å²) in [6.45, 7) is 0. The lowest BCUT2D eigenvalue weighted by atomic mass is 10.1. The van der Waals surface area contributed by atoms with Gasteiger partial charge >= 0.3 is 5.97 Å². The molecule has 0 unspecified atom stereocenters. The van der Waals surface area contributed by atoms with E-state index in [0.717, 1.165) is 5.69 Å². The van der Waals surface area contributed by atoms with Crippen LogP contribution in [0.25, 0.3) is 0 Å². The van der Waals surface area contributed by atoms with Crippen molar-refractivity contribution in [2.45, 2.75) is 0 Å². The molecule has 98 valence electrons. The number of aromatic carboxylic acids is 1. The Morgan fingerprint density at radius 3 is 2.47 bits per heavy atom. The predicted molar refractivity (Wildman–Crippen MR) is 71.3 cm³/mol. The zero-order valence-electron chi connectivity index (χ0n) is 10.3. The molecule has 0 aliphatic heterocycles. The Labute approximate surface area is 110 Å². The standard InChI is InChI=1S/C14H13NO4/c1-19-13-7-10(14(17)18)11(8-12(13)16)15-9-5-3-2-4-6-9/h2-8,15-16H,1H3,(H,17,18). The van der Waals surface area contributed by atoms with Gasteiger partial charge in [-0.25, -0.2) is 4.79 Å². The van der Waals surface area contributed by atoms with Gasteiger partial charge in [0.1, 0.15) is 0 Å². The first kappa shape index (κ1) is 12.8. The molecule has 0 atom stereocenters. The zero-order valence-corrected chi connectivity index (χ0v) is 10.3. The maximum Gasteiger partial charge on any atom is 0.337 e. The minimum atomic E-state index is -1.10. The van der Waals surface area contributed by atoms with Crippen molar-refractivity contribution in [3.05, 3.63) is 48.0 Å². The molecule has 0 saturated carbocycles. The van der Waals surface area contributed by atoms with Crippen molar-refractivity contribution in [2.24, 2.45) is 0 Å². The Morgan fingerprint density at radius 1 is 1.21 bits per heavy atom. The van der Waals surface area contributed by atoms with Crippen LogP contribution in [-0.4, -0.2) is 23.3 Å². The lowest BCUT2D eigenvalue weighted by Gasteiger charge is -2.12. The molecule has 0 aliphatic rings. The van der Waals surface area contributed by atoms with Gasteiger partial charge in [-0.05, 0) is 12.1 Å². The normalized spacial score (nSPS) is 9.95. The van der Waals surface area contributed by atoms with Crippen molar-refractivity contribution in [3.8, 4) is 11.5 Å². The van der Waals surface area contributed by atoms with Crippen molar-refractivity contribution in [2.75, 3.05) is 12.4 Å². The molecular formula is C14H13NO4. The lowest BCUT2D eigenvalue weighted by Crippen LogP contribution is -2.03. The molecule has 0 aromatic heterocycles. The molecule has 0 amide bonds. The monoisotopic (exact) mass is 259 g/mol. The molecule has 2 aromatic carbocycles. The molecule has 5 heteroatoms. The Morgan fingerprint density at radius 2 is 1.89 bits per heavy atom. The van der Waals surface area contributed by atoms with Crippen LogP contribution >= 0.6 is 0 Å². The van der Waals surface area contributed by atoms with Gasteiger partial charge in [0.2, 0.25) is 0 Å². The van der Waals surface area contributed by atoms with E-state index in [-0.39, 0.29) is 17.1 Å². The van der Waals surface area contributed by atoms with Crippen molar-refractivity contribution in [1.29, 1.82) is 0 Å². The molecule has 5 nitrogen and oxygen atoms in total. The molecule has 0 heterocycles. The number of anilines is 2.